The Balaban J connectivity index is 2.27. The normalized spacial score (nSPS) is 10.7. The molecule has 86 valence electrons. The molecule has 1 heterocycles. The third kappa shape index (κ3) is 3.14. The van der Waals surface area contributed by atoms with E-state index in [-0.39, 0.29) is 0 Å². The molecule has 3 nitrogen and oxygen atoms in total. The smallest absolute Gasteiger partial charge is 0.175 e. The third-order valence-electron chi connectivity index (χ3n) is 2.24. The fourth-order valence-corrected chi connectivity index (χ4v) is 1.72. The highest BCUT2D eigenvalue weighted by Gasteiger charge is 2.00. The Kier molecular flexibility index (Phi) is 3.88. The van der Waals surface area contributed by atoms with Crippen LogP contribution in [0.1, 0.15) is 5.56 Å². The van der Waals surface area contributed by atoms with Gasteiger partial charge < -0.3 is 5.32 Å². The van der Waals surface area contributed by atoms with Gasteiger partial charge in [-0.1, -0.05) is 30.3 Å². The quantitative estimate of drug-likeness (QED) is 0.876. The first-order chi connectivity index (χ1) is 8.29. The number of rotatable bonds is 3. The summed E-state index contributed by atoms with van der Waals surface area (Å²) < 4.78 is 0.931. The molecule has 1 N–H and O–H groups in total. The lowest BCUT2D eigenvalue weighted by atomic mass is 10.2. The number of nitrogens with zero attached hydrogens (tertiary/aromatic N) is 2. The Morgan fingerprint density at radius 3 is 2.76 bits per heavy atom. The van der Waals surface area contributed by atoms with Crippen LogP contribution < -0.4 is 5.32 Å². The highest BCUT2D eigenvalue weighted by Crippen LogP contribution is 2.24. The molecule has 0 aliphatic carbocycles. The number of hydrogen-bond donors (Lipinski definition) is 1. The van der Waals surface area contributed by atoms with E-state index in [0.29, 0.717) is 5.82 Å². The minimum Gasteiger partial charge on any atom is -0.385 e. The van der Waals surface area contributed by atoms with Gasteiger partial charge in [-0.25, -0.2) is 9.98 Å². The van der Waals surface area contributed by atoms with Crippen molar-refractivity contribution in [1.82, 2.24) is 4.98 Å². The molecule has 0 radical (unpaired) electrons. The summed E-state index contributed by atoms with van der Waals surface area (Å²) in [4.78, 5) is 8.63. The third-order valence-corrected chi connectivity index (χ3v) is 2.67. The molecule has 0 aliphatic rings. The highest BCUT2D eigenvalue weighted by atomic mass is 79.9. The first-order valence-corrected chi connectivity index (χ1v) is 6.01. The number of aliphatic imine (C=N–C) groups is 1. The topological polar surface area (TPSA) is 37.3 Å². The number of hydrogen-bond acceptors (Lipinski definition) is 3. The second kappa shape index (κ2) is 5.59. The molecular formula is C13H12BrN3. The molecule has 0 saturated heterocycles. The molecule has 0 fully saturated rings. The molecule has 0 spiro atoms. The molecule has 0 atom stereocenters. The molecule has 0 saturated carbocycles. The average molecular weight is 290 g/mol. The van der Waals surface area contributed by atoms with Gasteiger partial charge in [-0.05, 0) is 27.6 Å². The minimum absolute atomic E-state index is 0.680. The summed E-state index contributed by atoms with van der Waals surface area (Å²) in [6, 6.07) is 11.9. The zero-order chi connectivity index (χ0) is 12.1. The summed E-state index contributed by atoms with van der Waals surface area (Å²) in [5.74, 6) is 0.680. The Hall–Kier alpha value is -1.68. The van der Waals surface area contributed by atoms with E-state index in [1.165, 1.54) is 0 Å². The van der Waals surface area contributed by atoms with Crippen molar-refractivity contribution in [2.75, 3.05) is 12.4 Å². The lowest BCUT2D eigenvalue weighted by molar-refractivity contribution is 1.25. The number of halogens is 1. The van der Waals surface area contributed by atoms with Crippen molar-refractivity contribution in [2.45, 2.75) is 0 Å². The number of pyridine rings is 1. The molecule has 0 bridgehead atoms. The van der Waals surface area contributed by atoms with Gasteiger partial charge >= 0.3 is 0 Å². The van der Waals surface area contributed by atoms with Crippen molar-refractivity contribution < 1.29 is 0 Å². The van der Waals surface area contributed by atoms with Crippen LogP contribution in [0.2, 0.25) is 0 Å². The Morgan fingerprint density at radius 2 is 2.06 bits per heavy atom. The number of anilines is 1. The first-order valence-electron chi connectivity index (χ1n) is 5.22. The van der Waals surface area contributed by atoms with E-state index >= 15 is 0 Å². The van der Waals surface area contributed by atoms with E-state index in [0.717, 1.165) is 15.7 Å². The monoisotopic (exact) mass is 289 g/mol. The second-order valence-electron chi connectivity index (χ2n) is 3.44. The average Bonchev–Trinajstić information content (AvgIpc) is 2.38. The maximum Gasteiger partial charge on any atom is 0.175 e. The molecule has 1 aromatic carbocycles. The van der Waals surface area contributed by atoms with E-state index in [9.17, 15) is 0 Å². The van der Waals surface area contributed by atoms with Crippen LogP contribution in [0.25, 0.3) is 0 Å². The minimum atomic E-state index is 0.680. The van der Waals surface area contributed by atoms with Crippen LogP contribution >= 0.6 is 15.9 Å². The van der Waals surface area contributed by atoms with Crippen molar-refractivity contribution in [3.63, 3.8) is 0 Å². The zero-order valence-electron chi connectivity index (χ0n) is 9.39. The van der Waals surface area contributed by atoms with Crippen LogP contribution in [0.4, 0.5) is 11.5 Å². The summed E-state index contributed by atoms with van der Waals surface area (Å²) in [5.41, 5.74) is 1.95. The SMILES string of the molecule is CNc1cc(Br)cnc1N=Cc1ccccc1. The maximum absolute atomic E-state index is 4.37. The molecule has 0 unspecified atom stereocenters. The van der Waals surface area contributed by atoms with Crippen LogP contribution in [0, 0.1) is 0 Å². The Labute approximate surface area is 109 Å². The fourth-order valence-electron chi connectivity index (χ4n) is 1.39. The fraction of sp³-hybridized carbons (Fsp3) is 0.0769. The molecule has 0 amide bonds. The molecule has 2 aromatic rings. The summed E-state index contributed by atoms with van der Waals surface area (Å²) in [6.45, 7) is 0. The van der Waals surface area contributed by atoms with Crippen LogP contribution in [-0.2, 0) is 0 Å². The Morgan fingerprint density at radius 1 is 1.29 bits per heavy atom. The van der Waals surface area contributed by atoms with E-state index in [2.05, 4.69) is 31.2 Å². The van der Waals surface area contributed by atoms with Gasteiger partial charge in [0.25, 0.3) is 0 Å². The van der Waals surface area contributed by atoms with Crippen LogP contribution in [0.5, 0.6) is 0 Å². The number of benzene rings is 1. The van der Waals surface area contributed by atoms with Gasteiger partial charge in [0.2, 0.25) is 0 Å². The molecule has 1 aromatic heterocycles. The van der Waals surface area contributed by atoms with Crippen molar-refractivity contribution in [1.29, 1.82) is 0 Å². The van der Waals surface area contributed by atoms with Gasteiger partial charge in [0.15, 0.2) is 5.82 Å². The lowest BCUT2D eigenvalue weighted by Gasteiger charge is -2.03. The summed E-state index contributed by atoms with van der Waals surface area (Å²) in [6.07, 6.45) is 3.54. The molecule has 17 heavy (non-hydrogen) atoms. The van der Waals surface area contributed by atoms with Gasteiger partial charge in [-0.2, -0.15) is 0 Å². The lowest BCUT2D eigenvalue weighted by Crippen LogP contribution is -1.91. The van der Waals surface area contributed by atoms with E-state index in [1.807, 2.05) is 43.4 Å². The first kappa shape index (κ1) is 11.8. The van der Waals surface area contributed by atoms with Crippen LogP contribution in [0.15, 0.2) is 52.1 Å². The zero-order valence-corrected chi connectivity index (χ0v) is 11.0. The molecule has 4 heteroatoms. The summed E-state index contributed by atoms with van der Waals surface area (Å²) in [5, 5.41) is 3.07. The molecular weight excluding hydrogens is 278 g/mol. The highest BCUT2D eigenvalue weighted by molar-refractivity contribution is 9.10. The molecule has 2 rings (SSSR count). The van der Waals surface area contributed by atoms with E-state index < -0.39 is 0 Å². The number of nitrogens with one attached hydrogen (secondary N) is 1. The predicted molar refractivity (Wildman–Crippen MR) is 75.2 cm³/mol. The van der Waals surface area contributed by atoms with Crippen molar-refractivity contribution >= 4 is 33.6 Å². The largest absolute Gasteiger partial charge is 0.385 e. The van der Waals surface area contributed by atoms with Crippen molar-refractivity contribution in [3.8, 4) is 0 Å². The predicted octanol–water partition coefficient (Wildman–Crippen LogP) is 3.64. The molecule has 0 aliphatic heterocycles. The number of aromatic nitrogens is 1. The van der Waals surface area contributed by atoms with Gasteiger partial charge in [0.05, 0.1) is 5.69 Å². The van der Waals surface area contributed by atoms with Gasteiger partial charge in [-0.3, -0.25) is 0 Å². The Bertz CT molecular complexity index is 523. The van der Waals surface area contributed by atoms with Gasteiger partial charge in [0.1, 0.15) is 0 Å². The van der Waals surface area contributed by atoms with Gasteiger partial charge in [0, 0.05) is 23.9 Å². The van der Waals surface area contributed by atoms with E-state index in [1.54, 1.807) is 12.4 Å². The van der Waals surface area contributed by atoms with Crippen molar-refractivity contribution in [3.05, 3.63) is 52.6 Å². The standard InChI is InChI=1S/C13H12BrN3/c1-15-12-7-11(14)9-17-13(12)16-8-10-5-3-2-4-6-10/h2-9,15H,1H3. The second-order valence-corrected chi connectivity index (χ2v) is 4.36. The summed E-state index contributed by atoms with van der Waals surface area (Å²) in [7, 11) is 1.85. The maximum atomic E-state index is 4.37. The van der Waals surface area contributed by atoms with Crippen LogP contribution in [0.3, 0.4) is 0 Å². The summed E-state index contributed by atoms with van der Waals surface area (Å²) >= 11 is 3.38. The van der Waals surface area contributed by atoms with Crippen molar-refractivity contribution in [2.24, 2.45) is 4.99 Å². The van der Waals surface area contributed by atoms with Crippen LogP contribution in [-0.4, -0.2) is 18.2 Å². The van der Waals surface area contributed by atoms with Gasteiger partial charge in [-0.15, -0.1) is 0 Å². The van der Waals surface area contributed by atoms with E-state index in [4.69, 9.17) is 0 Å².